The Bertz CT molecular complexity index is 607. The Kier molecular flexibility index (Phi) is 3.62. The number of aliphatic imine (C=N–C) groups is 1. The highest BCUT2D eigenvalue weighted by Gasteiger charge is 2.32. The number of aliphatic carboxylic acids is 1. The minimum atomic E-state index is -1.08. The molecule has 5 heteroatoms. The first kappa shape index (κ1) is 12.8. The van der Waals surface area contributed by atoms with Crippen molar-refractivity contribution in [3.63, 3.8) is 0 Å². The van der Waals surface area contributed by atoms with Crippen LogP contribution >= 0.6 is 0 Å². The van der Waals surface area contributed by atoms with Crippen LogP contribution in [0, 0.1) is 17.2 Å². The topological polar surface area (TPSA) is 99.5 Å². The Morgan fingerprint density at radius 1 is 1.53 bits per heavy atom. The van der Waals surface area contributed by atoms with Crippen molar-refractivity contribution in [1.29, 1.82) is 5.26 Å². The number of nitrogens with zero attached hydrogens (tertiary/aromatic N) is 2. The van der Waals surface area contributed by atoms with E-state index in [1.165, 1.54) is 0 Å². The number of hydrogen-bond donors (Lipinski definition) is 2. The van der Waals surface area contributed by atoms with Gasteiger partial charge in [-0.15, -0.1) is 0 Å². The van der Waals surface area contributed by atoms with Crippen LogP contribution in [0.25, 0.3) is 0 Å². The fraction of sp³-hybridized carbons (Fsp3) is 0.214. The fourth-order valence-electron chi connectivity index (χ4n) is 1.78. The lowest BCUT2D eigenvalue weighted by atomic mass is 10.1. The molecule has 1 aromatic rings. The zero-order valence-electron chi connectivity index (χ0n) is 10.2. The van der Waals surface area contributed by atoms with Crippen molar-refractivity contribution in [1.82, 2.24) is 0 Å². The molecular weight excluding hydrogens is 242 g/mol. The zero-order valence-corrected chi connectivity index (χ0v) is 10.2. The Hall–Kier alpha value is -2.61. The molecule has 0 amide bonds. The minimum absolute atomic E-state index is 0.0323. The molecule has 1 aliphatic rings. The molecule has 5 nitrogen and oxygen atoms in total. The molecule has 96 valence electrons. The van der Waals surface area contributed by atoms with Gasteiger partial charge in [-0.3, -0.25) is 4.99 Å². The maximum absolute atomic E-state index is 11.1. The smallest absolute Gasteiger partial charge is 0.339 e. The van der Waals surface area contributed by atoms with Crippen molar-refractivity contribution in [3.8, 4) is 6.07 Å². The second-order valence-corrected chi connectivity index (χ2v) is 4.32. The molecule has 0 heterocycles. The summed E-state index contributed by atoms with van der Waals surface area (Å²) < 4.78 is 0. The molecule has 0 aliphatic heterocycles. The average Bonchev–Trinajstić information content (AvgIpc) is 3.22. The lowest BCUT2D eigenvalue weighted by Gasteiger charge is -2.05. The van der Waals surface area contributed by atoms with Crippen molar-refractivity contribution in [3.05, 3.63) is 41.6 Å². The van der Waals surface area contributed by atoms with E-state index in [0.717, 1.165) is 19.0 Å². The van der Waals surface area contributed by atoms with E-state index < -0.39 is 5.97 Å². The molecule has 0 bridgehead atoms. The van der Waals surface area contributed by atoms with Crippen LogP contribution in [0.3, 0.4) is 0 Å². The molecule has 19 heavy (non-hydrogen) atoms. The van der Waals surface area contributed by atoms with E-state index >= 15 is 0 Å². The molecule has 1 aliphatic carbocycles. The van der Waals surface area contributed by atoms with Crippen molar-refractivity contribution in [2.45, 2.75) is 12.8 Å². The first-order valence-electron chi connectivity index (χ1n) is 5.90. The van der Waals surface area contributed by atoms with Gasteiger partial charge < -0.3 is 10.8 Å². The van der Waals surface area contributed by atoms with Crippen LogP contribution < -0.4 is 5.73 Å². The first-order valence-corrected chi connectivity index (χ1v) is 5.90. The molecule has 2 rings (SSSR count). The van der Waals surface area contributed by atoms with Gasteiger partial charge in [-0.2, -0.15) is 5.26 Å². The highest BCUT2D eigenvalue weighted by atomic mass is 16.4. The van der Waals surface area contributed by atoms with E-state index in [1.54, 1.807) is 24.3 Å². The van der Waals surface area contributed by atoms with Gasteiger partial charge in [-0.1, -0.05) is 6.07 Å². The number of carbonyl (C=O) groups is 1. The van der Waals surface area contributed by atoms with Gasteiger partial charge in [0.25, 0.3) is 0 Å². The number of carboxylic acids is 1. The first-order chi connectivity index (χ1) is 9.15. The Labute approximate surface area is 110 Å². The van der Waals surface area contributed by atoms with Crippen LogP contribution in [-0.2, 0) is 4.79 Å². The predicted molar refractivity (Wildman–Crippen MR) is 70.9 cm³/mol. The third-order valence-corrected chi connectivity index (χ3v) is 2.86. The monoisotopic (exact) mass is 255 g/mol. The summed E-state index contributed by atoms with van der Waals surface area (Å²) in [5.74, 6) is -0.929. The van der Waals surface area contributed by atoms with E-state index in [0.29, 0.717) is 17.0 Å². The third kappa shape index (κ3) is 2.99. The second kappa shape index (κ2) is 5.36. The van der Waals surface area contributed by atoms with Crippen LogP contribution in [0.5, 0.6) is 0 Å². The summed E-state index contributed by atoms with van der Waals surface area (Å²) in [5, 5.41) is 18.0. The minimum Gasteiger partial charge on any atom is -0.478 e. The number of rotatable bonds is 4. The van der Waals surface area contributed by atoms with Gasteiger partial charge >= 0.3 is 5.97 Å². The van der Waals surface area contributed by atoms with E-state index in [-0.39, 0.29) is 11.5 Å². The summed E-state index contributed by atoms with van der Waals surface area (Å²) in [6.07, 6.45) is 2.91. The SMILES string of the molecule is N#Cc1cccc(N=C(C(=CN)C(=O)O)C2CC2)c1. The van der Waals surface area contributed by atoms with Crippen LogP contribution in [0.2, 0.25) is 0 Å². The van der Waals surface area contributed by atoms with Gasteiger partial charge in [-0.25, -0.2) is 4.79 Å². The van der Waals surface area contributed by atoms with E-state index in [2.05, 4.69) is 4.99 Å². The van der Waals surface area contributed by atoms with Crippen molar-refractivity contribution < 1.29 is 9.90 Å². The number of hydrogen-bond acceptors (Lipinski definition) is 4. The van der Waals surface area contributed by atoms with Crippen molar-refractivity contribution in [2.75, 3.05) is 0 Å². The Morgan fingerprint density at radius 3 is 2.79 bits per heavy atom. The predicted octanol–water partition coefficient (Wildman–Crippen LogP) is 1.97. The van der Waals surface area contributed by atoms with E-state index in [4.69, 9.17) is 16.1 Å². The van der Waals surface area contributed by atoms with Gasteiger partial charge in [0, 0.05) is 12.1 Å². The van der Waals surface area contributed by atoms with Gasteiger partial charge in [0.1, 0.15) is 0 Å². The fourth-order valence-corrected chi connectivity index (χ4v) is 1.78. The highest BCUT2D eigenvalue weighted by Crippen LogP contribution is 2.34. The molecule has 1 fully saturated rings. The summed E-state index contributed by atoms with van der Waals surface area (Å²) in [7, 11) is 0. The summed E-state index contributed by atoms with van der Waals surface area (Å²) in [6, 6.07) is 8.78. The van der Waals surface area contributed by atoms with Crippen molar-refractivity contribution >= 4 is 17.4 Å². The zero-order chi connectivity index (χ0) is 13.8. The van der Waals surface area contributed by atoms with Crippen LogP contribution in [-0.4, -0.2) is 16.8 Å². The molecule has 1 aromatic carbocycles. The normalized spacial score (nSPS) is 15.9. The third-order valence-electron chi connectivity index (χ3n) is 2.86. The second-order valence-electron chi connectivity index (χ2n) is 4.32. The number of nitriles is 1. The lowest BCUT2D eigenvalue weighted by Crippen LogP contribution is -2.15. The summed E-state index contributed by atoms with van der Waals surface area (Å²) in [4.78, 5) is 15.5. The number of benzene rings is 1. The van der Waals surface area contributed by atoms with Crippen LogP contribution in [0.15, 0.2) is 41.0 Å². The van der Waals surface area contributed by atoms with Gasteiger partial charge in [0.05, 0.1) is 28.6 Å². The van der Waals surface area contributed by atoms with Gasteiger partial charge in [0.15, 0.2) is 0 Å². The summed E-state index contributed by atoms with van der Waals surface area (Å²) >= 11 is 0. The Morgan fingerprint density at radius 2 is 2.26 bits per heavy atom. The highest BCUT2D eigenvalue weighted by molar-refractivity contribution is 6.21. The standard InChI is InChI=1S/C14H13N3O2/c15-7-9-2-1-3-11(6-9)17-13(10-4-5-10)12(8-16)14(18)19/h1-3,6,8,10H,4-5,16H2,(H,18,19). The Balaban J connectivity index is 2.41. The van der Waals surface area contributed by atoms with E-state index in [1.807, 2.05) is 6.07 Å². The molecule has 1 saturated carbocycles. The summed E-state index contributed by atoms with van der Waals surface area (Å²) in [6.45, 7) is 0. The van der Waals surface area contributed by atoms with Gasteiger partial charge in [0.2, 0.25) is 0 Å². The summed E-state index contributed by atoms with van der Waals surface area (Å²) in [5.41, 5.74) is 6.96. The van der Waals surface area contributed by atoms with Crippen molar-refractivity contribution in [2.24, 2.45) is 16.6 Å². The maximum Gasteiger partial charge on any atom is 0.339 e. The molecular formula is C14H13N3O2. The molecule has 0 unspecified atom stereocenters. The lowest BCUT2D eigenvalue weighted by molar-refractivity contribution is -0.132. The largest absolute Gasteiger partial charge is 0.478 e. The molecule has 3 N–H and O–H groups in total. The number of nitrogens with two attached hydrogens (primary N) is 1. The molecule has 0 saturated heterocycles. The molecule has 0 aromatic heterocycles. The van der Waals surface area contributed by atoms with Crippen LogP contribution in [0.1, 0.15) is 18.4 Å². The quantitative estimate of drug-likeness (QED) is 0.634. The van der Waals surface area contributed by atoms with Crippen LogP contribution in [0.4, 0.5) is 5.69 Å². The maximum atomic E-state index is 11.1. The molecule has 0 spiro atoms. The van der Waals surface area contributed by atoms with Gasteiger partial charge in [-0.05, 0) is 31.0 Å². The average molecular weight is 255 g/mol. The molecule has 0 atom stereocenters. The van der Waals surface area contributed by atoms with E-state index in [9.17, 15) is 4.79 Å². The molecule has 0 radical (unpaired) electrons. The number of carboxylic acid groups (broad SMARTS) is 1.